The molecule has 1 aromatic carbocycles. The largest absolute Gasteiger partial charge is 0.449 e. The first-order valence-electron chi connectivity index (χ1n) is 6.09. The van der Waals surface area contributed by atoms with Crippen LogP contribution in [0, 0.1) is 5.82 Å². The van der Waals surface area contributed by atoms with Crippen LogP contribution in [0.5, 0.6) is 0 Å². The van der Waals surface area contributed by atoms with E-state index >= 15 is 0 Å². The highest BCUT2D eigenvalue weighted by atomic mass is 79.9. The average Bonchev–Trinajstić information content (AvgIpc) is 2.23. The summed E-state index contributed by atoms with van der Waals surface area (Å²) >= 11 is 3.31. The Morgan fingerprint density at radius 3 is 2.63 bits per heavy atom. The highest BCUT2D eigenvalue weighted by Gasteiger charge is 2.17. The molecular formula is C14H19BrFNO2. The number of hydrogen-bond acceptors (Lipinski definition) is 2. The van der Waals surface area contributed by atoms with Crippen LogP contribution in [0.15, 0.2) is 22.7 Å². The Morgan fingerprint density at radius 2 is 2.11 bits per heavy atom. The van der Waals surface area contributed by atoms with Gasteiger partial charge in [-0.2, -0.15) is 0 Å². The lowest BCUT2D eigenvalue weighted by Crippen LogP contribution is -2.41. The second kappa shape index (κ2) is 6.37. The molecule has 0 aliphatic heterocycles. The van der Waals surface area contributed by atoms with Crippen molar-refractivity contribution >= 4 is 22.0 Å². The van der Waals surface area contributed by atoms with Crippen LogP contribution >= 0.6 is 15.9 Å². The van der Waals surface area contributed by atoms with Crippen LogP contribution in [-0.2, 0) is 4.74 Å². The van der Waals surface area contributed by atoms with Crippen molar-refractivity contribution in [3.8, 4) is 0 Å². The van der Waals surface area contributed by atoms with Crippen molar-refractivity contribution in [3.05, 3.63) is 34.1 Å². The third-order valence-electron chi connectivity index (χ3n) is 2.43. The van der Waals surface area contributed by atoms with Gasteiger partial charge in [-0.3, -0.25) is 0 Å². The number of rotatable bonds is 3. The van der Waals surface area contributed by atoms with Gasteiger partial charge in [-0.05, 0) is 38.5 Å². The van der Waals surface area contributed by atoms with E-state index in [1.807, 2.05) is 27.7 Å². The van der Waals surface area contributed by atoms with E-state index in [9.17, 15) is 9.18 Å². The van der Waals surface area contributed by atoms with E-state index in [0.717, 1.165) is 5.56 Å². The maximum atomic E-state index is 13.0. The topological polar surface area (TPSA) is 38.3 Å². The fourth-order valence-electron chi connectivity index (χ4n) is 1.53. The lowest BCUT2D eigenvalue weighted by atomic mass is 10.0. The molecule has 0 bridgehead atoms. The van der Waals surface area contributed by atoms with E-state index in [1.54, 1.807) is 6.07 Å². The molecule has 0 heterocycles. The van der Waals surface area contributed by atoms with E-state index in [0.29, 0.717) is 4.47 Å². The van der Waals surface area contributed by atoms with Crippen LogP contribution in [-0.4, -0.2) is 18.2 Å². The summed E-state index contributed by atoms with van der Waals surface area (Å²) in [6.45, 7) is 7.81. The molecular weight excluding hydrogens is 313 g/mol. The molecule has 0 saturated carbocycles. The number of amides is 1. The molecule has 1 unspecified atom stereocenters. The number of carbonyl (C=O) groups is 1. The maximum absolute atomic E-state index is 13.0. The molecule has 1 rings (SSSR count). The molecule has 5 heteroatoms. The molecule has 0 saturated heterocycles. The van der Waals surface area contributed by atoms with E-state index in [-0.39, 0.29) is 23.9 Å². The lowest BCUT2D eigenvalue weighted by Gasteiger charge is -2.21. The van der Waals surface area contributed by atoms with Gasteiger partial charge < -0.3 is 10.1 Å². The van der Waals surface area contributed by atoms with Gasteiger partial charge in [0.1, 0.15) is 5.82 Å². The van der Waals surface area contributed by atoms with Gasteiger partial charge in [0, 0.05) is 15.9 Å². The third kappa shape index (κ3) is 5.59. The minimum absolute atomic E-state index is 0.0132. The van der Waals surface area contributed by atoms with Gasteiger partial charge in [-0.1, -0.05) is 28.9 Å². The number of halogens is 2. The van der Waals surface area contributed by atoms with Crippen molar-refractivity contribution in [1.29, 1.82) is 0 Å². The Kier molecular flexibility index (Phi) is 5.35. The fourth-order valence-corrected chi connectivity index (χ4v) is 2.28. The molecule has 19 heavy (non-hydrogen) atoms. The van der Waals surface area contributed by atoms with Crippen LogP contribution in [0.25, 0.3) is 0 Å². The Bertz CT molecular complexity index is 457. The predicted octanol–water partition coefficient (Wildman–Crippen LogP) is 4.22. The van der Waals surface area contributed by atoms with Crippen LogP contribution in [0.3, 0.4) is 0 Å². The van der Waals surface area contributed by atoms with Crippen molar-refractivity contribution in [3.63, 3.8) is 0 Å². The molecule has 1 N–H and O–H groups in total. The smallest absolute Gasteiger partial charge is 0.407 e. The zero-order valence-corrected chi connectivity index (χ0v) is 13.2. The predicted molar refractivity (Wildman–Crippen MR) is 76.8 cm³/mol. The lowest BCUT2D eigenvalue weighted by molar-refractivity contribution is 0.132. The van der Waals surface area contributed by atoms with Gasteiger partial charge in [-0.15, -0.1) is 0 Å². The SMILES string of the molecule is CC(COC(=O)NC(C)(C)C)c1ccc(F)cc1Br. The first kappa shape index (κ1) is 16.0. The standard InChI is InChI=1S/C14H19BrFNO2/c1-9(8-19-13(18)17-14(2,3)4)11-6-5-10(16)7-12(11)15/h5-7,9H,8H2,1-4H3,(H,17,18). The third-order valence-corrected chi connectivity index (χ3v) is 3.12. The molecule has 0 fully saturated rings. The summed E-state index contributed by atoms with van der Waals surface area (Å²) < 4.78 is 18.8. The van der Waals surface area contributed by atoms with E-state index in [1.165, 1.54) is 12.1 Å². The Balaban J connectivity index is 2.56. The Labute approximate surface area is 121 Å². The first-order chi connectivity index (χ1) is 8.69. The first-order valence-corrected chi connectivity index (χ1v) is 6.88. The van der Waals surface area contributed by atoms with Crippen LogP contribution in [0.1, 0.15) is 39.2 Å². The second-order valence-corrected chi connectivity index (χ2v) is 6.39. The molecule has 1 aromatic rings. The summed E-state index contributed by atoms with van der Waals surface area (Å²) in [4.78, 5) is 11.5. The molecule has 3 nitrogen and oxygen atoms in total. The maximum Gasteiger partial charge on any atom is 0.407 e. The zero-order valence-electron chi connectivity index (χ0n) is 11.6. The van der Waals surface area contributed by atoms with Crippen molar-refractivity contribution in [2.75, 3.05) is 6.61 Å². The summed E-state index contributed by atoms with van der Waals surface area (Å²) in [6, 6.07) is 4.49. The van der Waals surface area contributed by atoms with Crippen molar-refractivity contribution in [2.45, 2.75) is 39.2 Å². The van der Waals surface area contributed by atoms with Gasteiger partial charge in [0.05, 0.1) is 6.61 Å². The highest BCUT2D eigenvalue weighted by Crippen LogP contribution is 2.25. The van der Waals surface area contributed by atoms with E-state index < -0.39 is 6.09 Å². The number of ether oxygens (including phenoxy) is 1. The quantitative estimate of drug-likeness (QED) is 0.900. The van der Waals surface area contributed by atoms with Crippen LogP contribution in [0.2, 0.25) is 0 Å². The van der Waals surface area contributed by atoms with E-state index in [4.69, 9.17) is 4.74 Å². The average molecular weight is 332 g/mol. The van der Waals surface area contributed by atoms with E-state index in [2.05, 4.69) is 21.2 Å². The molecule has 0 aliphatic carbocycles. The van der Waals surface area contributed by atoms with Crippen molar-refractivity contribution in [2.24, 2.45) is 0 Å². The summed E-state index contributed by atoms with van der Waals surface area (Å²) in [7, 11) is 0. The molecule has 106 valence electrons. The van der Waals surface area contributed by atoms with Crippen LogP contribution < -0.4 is 5.32 Å². The molecule has 1 atom stereocenters. The molecule has 0 aliphatic rings. The summed E-state index contributed by atoms with van der Waals surface area (Å²) in [5, 5.41) is 2.72. The number of alkyl carbamates (subject to hydrolysis) is 1. The van der Waals surface area contributed by atoms with Crippen molar-refractivity contribution < 1.29 is 13.9 Å². The van der Waals surface area contributed by atoms with Crippen LogP contribution in [0.4, 0.5) is 9.18 Å². The molecule has 0 aromatic heterocycles. The van der Waals surface area contributed by atoms with Gasteiger partial charge >= 0.3 is 6.09 Å². The number of benzene rings is 1. The minimum Gasteiger partial charge on any atom is -0.449 e. The normalized spacial score (nSPS) is 12.9. The summed E-state index contributed by atoms with van der Waals surface area (Å²) in [6.07, 6.45) is -0.447. The van der Waals surface area contributed by atoms with Gasteiger partial charge in [0.2, 0.25) is 0 Å². The van der Waals surface area contributed by atoms with Crippen molar-refractivity contribution in [1.82, 2.24) is 5.32 Å². The Hall–Kier alpha value is -1.10. The molecule has 0 radical (unpaired) electrons. The minimum atomic E-state index is -0.447. The Morgan fingerprint density at radius 1 is 1.47 bits per heavy atom. The number of hydrogen-bond donors (Lipinski definition) is 1. The molecule has 0 spiro atoms. The van der Waals surface area contributed by atoms with Gasteiger partial charge in [0.25, 0.3) is 0 Å². The summed E-state index contributed by atoms with van der Waals surface area (Å²) in [5.74, 6) is -0.310. The monoisotopic (exact) mass is 331 g/mol. The summed E-state index contributed by atoms with van der Waals surface area (Å²) in [5.41, 5.74) is 0.585. The molecule has 1 amide bonds. The number of nitrogens with one attached hydrogen (secondary N) is 1. The number of carbonyl (C=O) groups excluding carboxylic acids is 1. The fraction of sp³-hybridized carbons (Fsp3) is 0.500. The zero-order chi connectivity index (χ0) is 14.6. The second-order valence-electron chi connectivity index (χ2n) is 5.54. The highest BCUT2D eigenvalue weighted by molar-refractivity contribution is 9.10. The van der Waals surface area contributed by atoms with Gasteiger partial charge in [-0.25, -0.2) is 9.18 Å². The van der Waals surface area contributed by atoms with Gasteiger partial charge in [0.15, 0.2) is 0 Å².